The third kappa shape index (κ3) is 3.96. The molecule has 32 heavy (non-hydrogen) atoms. The first-order valence-corrected chi connectivity index (χ1v) is 10.4. The molecule has 0 amide bonds. The molecule has 3 aromatic heterocycles. The van der Waals surface area contributed by atoms with Gasteiger partial charge in [0.1, 0.15) is 17.6 Å². The van der Waals surface area contributed by atoms with Crippen molar-refractivity contribution in [3.05, 3.63) is 52.4 Å². The van der Waals surface area contributed by atoms with Gasteiger partial charge in [-0.05, 0) is 12.1 Å². The lowest BCUT2D eigenvalue weighted by Gasteiger charge is -2.25. The third-order valence-electron chi connectivity index (χ3n) is 4.88. The lowest BCUT2D eigenvalue weighted by molar-refractivity contribution is -0.137. The van der Waals surface area contributed by atoms with Crippen molar-refractivity contribution in [1.82, 2.24) is 24.7 Å². The summed E-state index contributed by atoms with van der Waals surface area (Å²) in [4.78, 5) is 27.8. The largest absolute Gasteiger partial charge is 0.416 e. The fraction of sp³-hybridized carbons (Fsp3) is 0.316. The minimum Gasteiger partial charge on any atom is -0.378 e. The Kier molecular flexibility index (Phi) is 5.13. The Hall–Kier alpha value is -3.32. The van der Waals surface area contributed by atoms with Crippen molar-refractivity contribution in [3.8, 4) is 11.4 Å². The molecule has 13 heteroatoms. The van der Waals surface area contributed by atoms with Crippen molar-refractivity contribution in [2.75, 3.05) is 31.2 Å². The minimum atomic E-state index is -4.48. The molecule has 166 valence electrons. The molecule has 4 heterocycles. The fourth-order valence-electron chi connectivity index (χ4n) is 3.25. The summed E-state index contributed by atoms with van der Waals surface area (Å²) in [6.45, 7) is 2.50. The number of hydrogen-bond donors (Lipinski definition) is 0. The zero-order valence-electron chi connectivity index (χ0n) is 16.4. The molecule has 1 aromatic carbocycles. The van der Waals surface area contributed by atoms with Crippen LogP contribution < -0.4 is 10.5 Å². The van der Waals surface area contributed by atoms with E-state index in [1.165, 1.54) is 34.4 Å². The highest BCUT2D eigenvalue weighted by Crippen LogP contribution is 2.31. The lowest BCUT2D eigenvalue weighted by Crippen LogP contribution is -2.36. The monoisotopic (exact) mass is 464 g/mol. The van der Waals surface area contributed by atoms with Crippen molar-refractivity contribution < 1.29 is 22.4 Å². The highest BCUT2D eigenvalue weighted by atomic mass is 32.1. The van der Waals surface area contributed by atoms with E-state index in [1.54, 1.807) is 0 Å². The molecule has 5 rings (SSSR count). The van der Waals surface area contributed by atoms with Crippen molar-refractivity contribution >= 4 is 26.8 Å². The van der Waals surface area contributed by atoms with Crippen LogP contribution in [0.4, 0.5) is 18.3 Å². The van der Waals surface area contributed by atoms with Gasteiger partial charge in [0, 0.05) is 18.7 Å². The number of thiazole rings is 1. The third-order valence-corrected chi connectivity index (χ3v) is 5.97. The number of benzene rings is 1. The zero-order chi connectivity index (χ0) is 22.3. The van der Waals surface area contributed by atoms with Crippen molar-refractivity contribution in [2.24, 2.45) is 0 Å². The number of anilines is 1. The summed E-state index contributed by atoms with van der Waals surface area (Å²) >= 11 is 1.25. The summed E-state index contributed by atoms with van der Waals surface area (Å²) in [5.74, 6) is 0.0687. The summed E-state index contributed by atoms with van der Waals surface area (Å²) in [5, 5.41) is 4.45. The number of hydrogen-bond acceptors (Lipinski definition) is 9. The molecule has 1 saturated heterocycles. The molecule has 1 aliphatic rings. The lowest BCUT2D eigenvalue weighted by atomic mass is 10.1. The molecule has 1 aliphatic heterocycles. The van der Waals surface area contributed by atoms with Crippen molar-refractivity contribution in [1.29, 1.82) is 0 Å². The van der Waals surface area contributed by atoms with Crippen LogP contribution in [0.15, 0.2) is 39.9 Å². The van der Waals surface area contributed by atoms with Crippen LogP contribution in [0.2, 0.25) is 0 Å². The topological polar surface area (TPSA) is 99.2 Å². The second-order valence-electron chi connectivity index (χ2n) is 7.02. The average Bonchev–Trinajstić information content (AvgIpc) is 3.44. The Morgan fingerprint density at radius 3 is 2.75 bits per heavy atom. The van der Waals surface area contributed by atoms with E-state index in [4.69, 9.17) is 9.26 Å². The maximum absolute atomic E-state index is 12.9. The summed E-state index contributed by atoms with van der Waals surface area (Å²) < 4.78 is 51.0. The van der Waals surface area contributed by atoms with Crippen LogP contribution in [-0.4, -0.2) is 51.0 Å². The quantitative estimate of drug-likeness (QED) is 0.455. The van der Waals surface area contributed by atoms with Gasteiger partial charge in [-0.25, -0.2) is 4.98 Å². The second kappa shape index (κ2) is 7.98. The molecule has 0 atom stereocenters. The van der Waals surface area contributed by atoms with E-state index in [2.05, 4.69) is 20.1 Å². The Morgan fingerprint density at radius 2 is 1.97 bits per heavy atom. The first kappa shape index (κ1) is 20.6. The van der Waals surface area contributed by atoms with Crippen molar-refractivity contribution in [3.63, 3.8) is 0 Å². The van der Waals surface area contributed by atoms with Gasteiger partial charge in [0.05, 0.1) is 18.8 Å². The molecular weight excluding hydrogens is 449 g/mol. The van der Waals surface area contributed by atoms with E-state index >= 15 is 0 Å². The SMILES string of the molecule is O=c1c2sc(N3CCOCC3)nc2ncn1Cc1nc(-c2cccc(C(F)(F)F)c2)no1. The number of nitrogens with zero attached hydrogens (tertiary/aromatic N) is 6. The fourth-order valence-corrected chi connectivity index (χ4v) is 4.27. The van der Waals surface area contributed by atoms with Gasteiger partial charge < -0.3 is 14.2 Å². The summed E-state index contributed by atoms with van der Waals surface area (Å²) in [6, 6.07) is 4.63. The standard InChI is InChI=1S/C19H15F3N6O3S/c20-19(21,22)12-3-1-2-11(8-12)15-24-13(31-26-15)9-28-10-23-16-14(17(28)29)32-18(25-16)27-4-6-30-7-5-27/h1-3,8,10H,4-7,9H2. The predicted molar refractivity (Wildman–Crippen MR) is 109 cm³/mol. The number of morpholine rings is 1. The van der Waals surface area contributed by atoms with Gasteiger partial charge in [-0.1, -0.05) is 28.6 Å². The zero-order valence-corrected chi connectivity index (χ0v) is 17.2. The summed E-state index contributed by atoms with van der Waals surface area (Å²) in [7, 11) is 0. The first-order chi connectivity index (χ1) is 15.4. The van der Waals surface area contributed by atoms with Crippen molar-refractivity contribution in [2.45, 2.75) is 12.7 Å². The Morgan fingerprint density at radius 1 is 1.16 bits per heavy atom. The summed E-state index contributed by atoms with van der Waals surface area (Å²) in [5.41, 5.74) is -0.611. The molecule has 0 spiro atoms. The predicted octanol–water partition coefficient (Wildman–Crippen LogP) is 2.81. The van der Waals surface area contributed by atoms with E-state index in [1.807, 2.05) is 4.90 Å². The Balaban J connectivity index is 1.40. The maximum atomic E-state index is 12.9. The van der Waals surface area contributed by atoms with Crippen LogP contribution in [0.25, 0.3) is 21.7 Å². The number of ether oxygens (including phenoxy) is 1. The van der Waals surface area contributed by atoms with Gasteiger partial charge in [0.2, 0.25) is 11.7 Å². The van der Waals surface area contributed by atoms with E-state index in [0.717, 1.165) is 12.1 Å². The molecule has 1 fully saturated rings. The molecule has 0 saturated carbocycles. The smallest absolute Gasteiger partial charge is 0.378 e. The number of fused-ring (bicyclic) bond motifs is 1. The Labute approximate surface area is 182 Å². The van der Waals surface area contributed by atoms with E-state index in [9.17, 15) is 18.0 Å². The van der Waals surface area contributed by atoms with Gasteiger partial charge >= 0.3 is 6.18 Å². The Bertz CT molecular complexity index is 1330. The number of halogens is 3. The normalized spacial score (nSPS) is 14.9. The van der Waals surface area contributed by atoms with E-state index in [0.29, 0.717) is 41.8 Å². The molecule has 4 aromatic rings. The van der Waals surface area contributed by atoms with Gasteiger partial charge in [0.25, 0.3) is 5.56 Å². The second-order valence-corrected chi connectivity index (χ2v) is 7.99. The number of rotatable bonds is 4. The molecule has 0 aliphatic carbocycles. The van der Waals surface area contributed by atoms with E-state index in [-0.39, 0.29) is 29.4 Å². The van der Waals surface area contributed by atoms with Gasteiger partial charge in [-0.15, -0.1) is 0 Å². The minimum absolute atomic E-state index is 0.000537. The highest BCUT2D eigenvalue weighted by Gasteiger charge is 2.30. The van der Waals surface area contributed by atoms with Crippen LogP contribution in [0, 0.1) is 0 Å². The van der Waals surface area contributed by atoms with Crippen LogP contribution >= 0.6 is 11.3 Å². The van der Waals surface area contributed by atoms with Crippen LogP contribution in [0.5, 0.6) is 0 Å². The summed E-state index contributed by atoms with van der Waals surface area (Å²) in [6.07, 6.45) is -3.15. The molecule has 9 nitrogen and oxygen atoms in total. The average molecular weight is 464 g/mol. The van der Waals surface area contributed by atoms with E-state index < -0.39 is 11.7 Å². The molecule has 0 radical (unpaired) electrons. The van der Waals surface area contributed by atoms with Gasteiger partial charge in [-0.2, -0.15) is 23.1 Å². The number of aromatic nitrogens is 5. The molecule has 0 bridgehead atoms. The van der Waals surface area contributed by atoms with Gasteiger partial charge in [0.15, 0.2) is 10.8 Å². The molecule has 0 N–H and O–H groups in total. The van der Waals surface area contributed by atoms with Gasteiger partial charge in [-0.3, -0.25) is 9.36 Å². The molecule has 0 unspecified atom stereocenters. The molecular formula is C19H15F3N6O3S. The van der Waals surface area contributed by atoms with Crippen LogP contribution in [-0.2, 0) is 17.5 Å². The maximum Gasteiger partial charge on any atom is 0.416 e. The van der Waals surface area contributed by atoms with Crippen LogP contribution in [0.3, 0.4) is 0 Å². The van der Waals surface area contributed by atoms with Crippen LogP contribution in [0.1, 0.15) is 11.5 Å². The first-order valence-electron chi connectivity index (χ1n) is 9.57. The number of alkyl halides is 3. The highest BCUT2D eigenvalue weighted by molar-refractivity contribution is 7.22.